The van der Waals surface area contributed by atoms with Crippen LogP contribution in [0.15, 0.2) is 0 Å². The SMILES string of the molecule is CCOC1CC(NC(=O)NC2C3CCC(C3)C2CO)C12CCC2. The number of carbonyl (C=O) groups excluding carboxylic acids is 1. The molecule has 3 N–H and O–H groups in total. The number of hydrogen-bond acceptors (Lipinski definition) is 3. The summed E-state index contributed by atoms with van der Waals surface area (Å²) >= 11 is 0. The number of amides is 2. The zero-order valence-corrected chi connectivity index (χ0v) is 14.1. The number of aliphatic hydroxyl groups excluding tert-OH is 1. The third-order valence-corrected chi connectivity index (χ3v) is 7.34. The van der Waals surface area contributed by atoms with Crippen LogP contribution < -0.4 is 10.6 Å². The van der Waals surface area contributed by atoms with Gasteiger partial charge in [0.2, 0.25) is 0 Å². The van der Waals surface area contributed by atoms with Gasteiger partial charge in [0, 0.05) is 36.6 Å². The van der Waals surface area contributed by atoms with Gasteiger partial charge in [-0.2, -0.15) is 0 Å². The maximum atomic E-state index is 12.5. The second kappa shape index (κ2) is 5.92. The lowest BCUT2D eigenvalue weighted by Crippen LogP contribution is -2.69. The van der Waals surface area contributed by atoms with Gasteiger partial charge >= 0.3 is 6.03 Å². The van der Waals surface area contributed by atoms with Crippen LogP contribution in [0.2, 0.25) is 0 Å². The standard InChI is InChI=1S/C18H30N2O3/c1-2-23-15-9-14(18(15)6-3-7-18)19-17(22)20-16-12-5-4-11(8-12)13(16)10-21/h11-16,21H,2-10H2,1H3,(H2,19,20,22). The van der Waals surface area contributed by atoms with Crippen LogP contribution in [0.25, 0.3) is 0 Å². The largest absolute Gasteiger partial charge is 0.396 e. The molecular formula is C18H30N2O3. The van der Waals surface area contributed by atoms with E-state index in [1.807, 2.05) is 6.92 Å². The van der Waals surface area contributed by atoms with Crippen molar-refractivity contribution in [1.82, 2.24) is 10.6 Å². The number of rotatable bonds is 5. The van der Waals surface area contributed by atoms with E-state index in [-0.39, 0.29) is 36.1 Å². The van der Waals surface area contributed by atoms with Crippen LogP contribution in [0.1, 0.15) is 51.9 Å². The summed E-state index contributed by atoms with van der Waals surface area (Å²) in [5.74, 6) is 1.44. The first-order valence-electron chi connectivity index (χ1n) is 9.47. The number of fused-ring (bicyclic) bond motifs is 2. The van der Waals surface area contributed by atoms with Crippen LogP contribution in [0, 0.1) is 23.2 Å². The molecule has 4 saturated carbocycles. The van der Waals surface area contributed by atoms with Gasteiger partial charge in [-0.05, 0) is 57.3 Å². The van der Waals surface area contributed by atoms with Crippen molar-refractivity contribution in [3.8, 4) is 0 Å². The summed E-state index contributed by atoms with van der Waals surface area (Å²) in [7, 11) is 0. The fourth-order valence-electron chi connectivity index (χ4n) is 5.89. The Morgan fingerprint density at radius 2 is 2.00 bits per heavy atom. The van der Waals surface area contributed by atoms with Crippen molar-refractivity contribution in [2.75, 3.05) is 13.2 Å². The zero-order valence-electron chi connectivity index (χ0n) is 14.1. The third-order valence-electron chi connectivity index (χ3n) is 7.34. The Labute approximate surface area is 138 Å². The summed E-state index contributed by atoms with van der Waals surface area (Å²) in [4.78, 5) is 12.5. The number of aliphatic hydroxyl groups is 1. The molecule has 0 heterocycles. The number of nitrogens with one attached hydrogen (secondary N) is 2. The van der Waals surface area contributed by atoms with Gasteiger partial charge in [-0.1, -0.05) is 6.42 Å². The number of hydrogen-bond donors (Lipinski definition) is 3. The molecule has 0 aromatic rings. The predicted molar refractivity (Wildman–Crippen MR) is 87.0 cm³/mol. The molecule has 1 spiro atoms. The Bertz CT molecular complexity index is 465. The quantitative estimate of drug-likeness (QED) is 0.725. The number of urea groups is 1. The molecule has 4 aliphatic carbocycles. The molecule has 0 aliphatic heterocycles. The van der Waals surface area contributed by atoms with Crippen molar-refractivity contribution in [2.45, 2.75) is 70.1 Å². The van der Waals surface area contributed by atoms with Crippen LogP contribution in [0.4, 0.5) is 4.79 Å². The van der Waals surface area contributed by atoms with E-state index in [0.717, 1.165) is 13.0 Å². The van der Waals surface area contributed by atoms with Crippen molar-refractivity contribution in [2.24, 2.45) is 23.2 Å². The lowest BCUT2D eigenvalue weighted by atomic mass is 9.51. The predicted octanol–water partition coefficient (Wildman–Crippen LogP) is 2.04. The van der Waals surface area contributed by atoms with E-state index in [1.165, 1.54) is 38.5 Å². The monoisotopic (exact) mass is 322 g/mol. The highest BCUT2D eigenvalue weighted by atomic mass is 16.5. The normalized spacial score (nSPS) is 43.0. The molecule has 0 aromatic heterocycles. The molecule has 23 heavy (non-hydrogen) atoms. The molecule has 0 saturated heterocycles. The van der Waals surface area contributed by atoms with Crippen LogP contribution in [0.5, 0.6) is 0 Å². The second-order valence-corrected chi connectivity index (χ2v) is 8.14. The van der Waals surface area contributed by atoms with Crippen molar-refractivity contribution in [3.05, 3.63) is 0 Å². The van der Waals surface area contributed by atoms with Gasteiger partial charge < -0.3 is 20.5 Å². The Hall–Kier alpha value is -0.810. The molecule has 5 nitrogen and oxygen atoms in total. The van der Waals surface area contributed by atoms with Crippen LogP contribution in [-0.2, 0) is 4.74 Å². The van der Waals surface area contributed by atoms with E-state index in [1.54, 1.807) is 0 Å². The Balaban J connectivity index is 1.32. The van der Waals surface area contributed by atoms with Crippen LogP contribution in [0.3, 0.4) is 0 Å². The first-order chi connectivity index (χ1) is 11.2. The lowest BCUT2D eigenvalue weighted by Gasteiger charge is -2.60. The first-order valence-corrected chi connectivity index (χ1v) is 9.47. The highest BCUT2D eigenvalue weighted by Crippen LogP contribution is 2.57. The maximum Gasteiger partial charge on any atom is 0.315 e. The molecule has 2 amide bonds. The molecule has 5 heteroatoms. The number of carbonyl (C=O) groups is 1. The Morgan fingerprint density at radius 1 is 1.22 bits per heavy atom. The summed E-state index contributed by atoms with van der Waals surface area (Å²) in [6, 6.07) is 0.394. The van der Waals surface area contributed by atoms with Crippen LogP contribution >= 0.6 is 0 Å². The van der Waals surface area contributed by atoms with Crippen molar-refractivity contribution < 1.29 is 14.6 Å². The van der Waals surface area contributed by atoms with Gasteiger partial charge in [0.1, 0.15) is 0 Å². The topological polar surface area (TPSA) is 70.6 Å². The van der Waals surface area contributed by atoms with Gasteiger partial charge in [0.05, 0.1) is 6.10 Å². The molecule has 0 aromatic carbocycles. The molecule has 4 rings (SSSR count). The van der Waals surface area contributed by atoms with Crippen molar-refractivity contribution in [1.29, 1.82) is 0 Å². The summed E-state index contributed by atoms with van der Waals surface area (Å²) in [6.07, 6.45) is 8.48. The van der Waals surface area contributed by atoms with Crippen molar-refractivity contribution in [3.63, 3.8) is 0 Å². The van der Waals surface area contributed by atoms with Gasteiger partial charge in [-0.3, -0.25) is 0 Å². The molecule has 0 radical (unpaired) electrons. The summed E-state index contributed by atoms with van der Waals surface area (Å²) < 4.78 is 5.85. The zero-order chi connectivity index (χ0) is 16.0. The average molecular weight is 322 g/mol. The molecule has 4 fully saturated rings. The molecule has 130 valence electrons. The molecule has 4 aliphatic rings. The summed E-state index contributed by atoms with van der Waals surface area (Å²) in [6.45, 7) is 3.00. The van der Waals surface area contributed by atoms with Gasteiger partial charge in [0.15, 0.2) is 0 Å². The second-order valence-electron chi connectivity index (χ2n) is 8.14. The highest BCUT2D eigenvalue weighted by Gasteiger charge is 2.59. The van der Waals surface area contributed by atoms with E-state index in [2.05, 4.69) is 10.6 Å². The van der Waals surface area contributed by atoms with Gasteiger partial charge in [0.25, 0.3) is 0 Å². The fourth-order valence-corrected chi connectivity index (χ4v) is 5.89. The van der Waals surface area contributed by atoms with Gasteiger partial charge in [-0.15, -0.1) is 0 Å². The molecule has 2 bridgehead atoms. The average Bonchev–Trinajstić information content (AvgIpc) is 3.05. The van der Waals surface area contributed by atoms with Gasteiger partial charge in [-0.25, -0.2) is 4.79 Å². The van der Waals surface area contributed by atoms with E-state index < -0.39 is 0 Å². The van der Waals surface area contributed by atoms with Crippen LogP contribution in [-0.4, -0.2) is 42.5 Å². The molecule has 6 unspecified atom stereocenters. The third kappa shape index (κ3) is 2.39. The smallest absolute Gasteiger partial charge is 0.315 e. The minimum absolute atomic E-state index is 0.0350. The summed E-state index contributed by atoms with van der Waals surface area (Å²) in [5.41, 5.74) is 0.207. The molecular weight excluding hydrogens is 292 g/mol. The first kappa shape index (κ1) is 15.7. The lowest BCUT2D eigenvalue weighted by molar-refractivity contribution is -0.169. The Kier molecular flexibility index (Phi) is 4.04. The number of ether oxygens (including phenoxy) is 1. The molecule has 6 atom stereocenters. The fraction of sp³-hybridized carbons (Fsp3) is 0.944. The van der Waals surface area contributed by atoms with E-state index >= 15 is 0 Å². The minimum Gasteiger partial charge on any atom is -0.396 e. The van der Waals surface area contributed by atoms with E-state index in [9.17, 15) is 9.90 Å². The minimum atomic E-state index is -0.0350. The highest BCUT2D eigenvalue weighted by molar-refractivity contribution is 5.75. The van der Waals surface area contributed by atoms with Crippen molar-refractivity contribution >= 4 is 6.03 Å². The van der Waals surface area contributed by atoms with E-state index in [4.69, 9.17) is 4.74 Å². The summed E-state index contributed by atoms with van der Waals surface area (Å²) in [5, 5.41) is 16.1. The van der Waals surface area contributed by atoms with E-state index in [0.29, 0.717) is 17.9 Å². The maximum absolute atomic E-state index is 12.5. The Morgan fingerprint density at radius 3 is 2.65 bits per heavy atom.